The minimum Gasteiger partial charge on any atom is -0.341 e. The first-order valence-corrected chi connectivity index (χ1v) is 8.79. The molecule has 3 heterocycles. The number of hydrogen-bond acceptors (Lipinski definition) is 4. The van der Waals surface area contributed by atoms with Gasteiger partial charge in [-0.3, -0.25) is 9.48 Å². The molecule has 5 nitrogen and oxygen atoms in total. The Bertz CT molecular complexity index is 760. The van der Waals surface area contributed by atoms with Crippen LogP contribution in [0.15, 0.2) is 11.4 Å². The lowest BCUT2D eigenvalue weighted by molar-refractivity contribution is -0.142. The van der Waals surface area contributed by atoms with E-state index in [9.17, 15) is 18.0 Å². The Labute approximate surface area is 147 Å². The number of alkyl halides is 3. The van der Waals surface area contributed by atoms with E-state index >= 15 is 0 Å². The largest absolute Gasteiger partial charge is 0.435 e. The number of amides is 1. The van der Waals surface area contributed by atoms with Crippen molar-refractivity contribution < 1.29 is 18.0 Å². The van der Waals surface area contributed by atoms with Crippen LogP contribution < -0.4 is 0 Å². The Balaban J connectivity index is 1.59. The molecule has 1 amide bonds. The number of carbonyl (C=O) groups is 1. The standard InChI is InChI=1S/C16H18F3N4OS/c1-10-9-25-15(20-10)12-3-5-22(6-4-12)14(24)8-23-11(2)7-13(21-23)16(17,18)19/h7,9,12H,1,3-6,8H2,2H3. The highest BCUT2D eigenvalue weighted by Crippen LogP contribution is 2.31. The summed E-state index contributed by atoms with van der Waals surface area (Å²) in [7, 11) is 0. The number of thiazole rings is 1. The molecule has 0 bridgehead atoms. The van der Waals surface area contributed by atoms with E-state index in [1.165, 1.54) is 6.92 Å². The molecule has 2 aromatic heterocycles. The monoisotopic (exact) mass is 371 g/mol. The smallest absolute Gasteiger partial charge is 0.341 e. The Morgan fingerprint density at radius 1 is 1.40 bits per heavy atom. The Morgan fingerprint density at radius 2 is 2.08 bits per heavy atom. The molecule has 0 aliphatic carbocycles. The van der Waals surface area contributed by atoms with Crippen molar-refractivity contribution in [3.05, 3.63) is 40.5 Å². The second-order valence-corrected chi connectivity index (χ2v) is 7.05. The summed E-state index contributed by atoms with van der Waals surface area (Å²) in [6, 6.07) is 0.957. The Hall–Kier alpha value is -1.90. The maximum absolute atomic E-state index is 12.7. The van der Waals surface area contributed by atoms with E-state index in [1.54, 1.807) is 16.2 Å². The van der Waals surface area contributed by atoms with Gasteiger partial charge in [-0.25, -0.2) is 4.98 Å². The first kappa shape index (κ1) is 17.9. The van der Waals surface area contributed by atoms with Gasteiger partial charge in [0.05, 0.1) is 10.7 Å². The van der Waals surface area contributed by atoms with E-state index < -0.39 is 11.9 Å². The zero-order valence-electron chi connectivity index (χ0n) is 13.7. The van der Waals surface area contributed by atoms with Crippen LogP contribution in [0.5, 0.6) is 0 Å². The highest BCUT2D eigenvalue weighted by atomic mass is 32.1. The minimum atomic E-state index is -4.50. The predicted octanol–water partition coefficient (Wildman–Crippen LogP) is 3.26. The molecule has 0 unspecified atom stereocenters. The fourth-order valence-electron chi connectivity index (χ4n) is 2.92. The molecule has 1 aliphatic heterocycles. The van der Waals surface area contributed by atoms with Crippen molar-refractivity contribution in [2.24, 2.45) is 0 Å². The third-order valence-corrected chi connectivity index (χ3v) is 5.38. The maximum atomic E-state index is 12.7. The molecule has 0 spiro atoms. The molecule has 0 aromatic carbocycles. The summed E-state index contributed by atoms with van der Waals surface area (Å²) < 4.78 is 39.2. The van der Waals surface area contributed by atoms with Crippen LogP contribution in [0.4, 0.5) is 13.2 Å². The number of aromatic nitrogens is 3. The zero-order chi connectivity index (χ0) is 18.2. The number of carbonyl (C=O) groups excluding carboxylic acids is 1. The molecule has 1 aliphatic rings. The summed E-state index contributed by atoms with van der Waals surface area (Å²) >= 11 is 1.58. The van der Waals surface area contributed by atoms with Gasteiger partial charge in [0.1, 0.15) is 6.54 Å². The number of piperidine rings is 1. The third kappa shape index (κ3) is 4.02. The first-order chi connectivity index (χ1) is 11.7. The predicted molar refractivity (Wildman–Crippen MR) is 87.1 cm³/mol. The molecule has 0 atom stereocenters. The molecule has 1 saturated heterocycles. The second kappa shape index (κ2) is 6.78. The van der Waals surface area contributed by atoms with Gasteiger partial charge in [0.25, 0.3) is 0 Å². The van der Waals surface area contributed by atoms with Crippen molar-refractivity contribution >= 4 is 17.2 Å². The molecular weight excluding hydrogens is 353 g/mol. The lowest BCUT2D eigenvalue weighted by atomic mass is 9.97. The number of halogens is 3. The minimum absolute atomic E-state index is 0.174. The van der Waals surface area contributed by atoms with Gasteiger partial charge in [-0.15, -0.1) is 11.3 Å². The van der Waals surface area contributed by atoms with Crippen LogP contribution in [0.1, 0.15) is 40.8 Å². The third-order valence-electron chi connectivity index (χ3n) is 4.32. The topological polar surface area (TPSA) is 51.0 Å². The fraction of sp³-hybridized carbons (Fsp3) is 0.500. The molecule has 1 fully saturated rings. The summed E-state index contributed by atoms with van der Waals surface area (Å²) in [5.41, 5.74) is 0.110. The van der Waals surface area contributed by atoms with Gasteiger partial charge >= 0.3 is 6.18 Å². The second-order valence-electron chi connectivity index (χ2n) is 6.16. The lowest BCUT2D eigenvalue weighted by Gasteiger charge is -2.31. The molecular formula is C16H18F3N4OS. The van der Waals surface area contributed by atoms with E-state index in [0.29, 0.717) is 24.7 Å². The van der Waals surface area contributed by atoms with Crippen LogP contribution in [-0.4, -0.2) is 38.7 Å². The summed E-state index contributed by atoms with van der Waals surface area (Å²) in [5, 5.41) is 6.46. The van der Waals surface area contributed by atoms with Gasteiger partial charge < -0.3 is 4.90 Å². The van der Waals surface area contributed by atoms with Crippen molar-refractivity contribution in [1.29, 1.82) is 0 Å². The molecule has 1 radical (unpaired) electrons. The van der Waals surface area contributed by atoms with E-state index in [0.717, 1.165) is 34.3 Å². The summed E-state index contributed by atoms with van der Waals surface area (Å²) in [5.74, 6) is 0.100. The van der Waals surface area contributed by atoms with Gasteiger partial charge in [-0.2, -0.15) is 18.3 Å². The van der Waals surface area contributed by atoms with Crippen LogP contribution in [0.25, 0.3) is 0 Å². The van der Waals surface area contributed by atoms with Crippen LogP contribution in [0.2, 0.25) is 0 Å². The van der Waals surface area contributed by atoms with E-state index in [-0.39, 0.29) is 12.5 Å². The molecule has 135 valence electrons. The SMILES string of the molecule is [CH2]c1csc(C2CCN(C(=O)Cn3nc(C(F)(F)F)cc3C)CC2)n1. The summed E-state index contributed by atoms with van der Waals surface area (Å²) in [4.78, 5) is 18.5. The van der Waals surface area contributed by atoms with Crippen molar-refractivity contribution in [1.82, 2.24) is 19.7 Å². The normalized spacial score (nSPS) is 16.4. The summed E-state index contributed by atoms with van der Waals surface area (Å²) in [6.07, 6.45) is -2.91. The van der Waals surface area contributed by atoms with E-state index in [2.05, 4.69) is 17.0 Å². The quantitative estimate of drug-likeness (QED) is 0.832. The number of rotatable bonds is 3. The first-order valence-electron chi connectivity index (χ1n) is 7.91. The average Bonchev–Trinajstić information content (AvgIpc) is 3.14. The van der Waals surface area contributed by atoms with Gasteiger partial charge in [0.15, 0.2) is 5.69 Å². The van der Waals surface area contributed by atoms with Crippen molar-refractivity contribution in [3.8, 4) is 0 Å². The molecule has 3 rings (SSSR count). The van der Waals surface area contributed by atoms with E-state index in [4.69, 9.17) is 0 Å². The van der Waals surface area contributed by atoms with E-state index in [1.807, 2.05) is 5.38 Å². The van der Waals surface area contributed by atoms with Gasteiger partial charge in [0.2, 0.25) is 5.91 Å². The lowest BCUT2D eigenvalue weighted by Crippen LogP contribution is -2.40. The van der Waals surface area contributed by atoms with Crippen molar-refractivity contribution in [2.45, 2.75) is 38.4 Å². The maximum Gasteiger partial charge on any atom is 0.435 e. The highest BCUT2D eigenvalue weighted by Gasteiger charge is 2.35. The molecule has 0 saturated carbocycles. The van der Waals surface area contributed by atoms with Crippen LogP contribution in [0.3, 0.4) is 0 Å². The number of nitrogens with zero attached hydrogens (tertiary/aromatic N) is 4. The number of hydrogen-bond donors (Lipinski definition) is 0. The zero-order valence-corrected chi connectivity index (χ0v) is 14.5. The Morgan fingerprint density at radius 3 is 2.60 bits per heavy atom. The number of aryl methyl sites for hydroxylation is 1. The molecule has 0 N–H and O–H groups in total. The molecule has 25 heavy (non-hydrogen) atoms. The van der Waals surface area contributed by atoms with Crippen LogP contribution in [0, 0.1) is 13.8 Å². The number of likely N-dealkylation sites (tertiary alicyclic amines) is 1. The Kier molecular flexibility index (Phi) is 4.86. The van der Waals surface area contributed by atoms with Gasteiger partial charge in [-0.1, -0.05) is 0 Å². The molecule has 2 aromatic rings. The average molecular weight is 371 g/mol. The van der Waals surface area contributed by atoms with Crippen LogP contribution in [-0.2, 0) is 17.5 Å². The summed E-state index contributed by atoms with van der Waals surface area (Å²) in [6.45, 7) is 6.28. The van der Waals surface area contributed by atoms with Crippen molar-refractivity contribution in [2.75, 3.05) is 13.1 Å². The van der Waals surface area contributed by atoms with Gasteiger partial charge in [-0.05, 0) is 32.8 Å². The van der Waals surface area contributed by atoms with Gasteiger partial charge in [0, 0.05) is 30.1 Å². The van der Waals surface area contributed by atoms with Crippen LogP contribution >= 0.6 is 11.3 Å². The van der Waals surface area contributed by atoms with Crippen molar-refractivity contribution in [3.63, 3.8) is 0 Å². The fourth-order valence-corrected chi connectivity index (χ4v) is 3.83. The highest BCUT2D eigenvalue weighted by molar-refractivity contribution is 7.09. The molecule has 9 heteroatoms.